The zero-order valence-corrected chi connectivity index (χ0v) is 19.7. The highest BCUT2D eigenvalue weighted by Crippen LogP contribution is 2.18. The van der Waals surface area contributed by atoms with Gasteiger partial charge in [-0.25, -0.2) is 0 Å². The van der Waals surface area contributed by atoms with Gasteiger partial charge in [0.1, 0.15) is 12.1 Å². The van der Waals surface area contributed by atoms with Gasteiger partial charge in [-0.1, -0.05) is 56.3 Å². The first kappa shape index (κ1) is 27.6. The summed E-state index contributed by atoms with van der Waals surface area (Å²) in [6.45, 7) is 7.16. The lowest BCUT2D eigenvalue weighted by molar-refractivity contribution is -0.133. The average Bonchev–Trinajstić information content (AvgIpc) is 2.80. The number of hydrogen-bond donors (Lipinski definition) is 5. The Bertz CT molecular complexity index is 942. The van der Waals surface area contributed by atoms with Gasteiger partial charge in [-0.05, 0) is 43.1 Å². The molecule has 0 heterocycles. The second-order valence-electron chi connectivity index (χ2n) is 7.93. The van der Waals surface area contributed by atoms with Gasteiger partial charge in [-0.2, -0.15) is 0 Å². The van der Waals surface area contributed by atoms with Gasteiger partial charge in [0.25, 0.3) is 6.47 Å². The molecule has 0 aromatic heterocycles. The van der Waals surface area contributed by atoms with Crippen molar-refractivity contribution in [3.8, 4) is 0 Å². The molecule has 2 aromatic rings. The summed E-state index contributed by atoms with van der Waals surface area (Å²) in [6.07, 6.45) is 0. The lowest BCUT2D eigenvalue weighted by atomic mass is 10.0. The molecule has 5 N–H and O–H groups in total. The molecule has 0 unspecified atom stereocenters. The third-order valence-corrected chi connectivity index (χ3v) is 5.16. The molecule has 2 aromatic carbocycles. The lowest BCUT2D eigenvalue weighted by Gasteiger charge is -2.25. The normalized spacial score (nSPS) is 13.2. The second kappa shape index (κ2) is 13.8. The molecular formula is C24H34N4O5. The van der Waals surface area contributed by atoms with Crippen molar-refractivity contribution in [2.45, 2.75) is 52.4 Å². The zero-order chi connectivity index (χ0) is 25.0. The number of carboxylic acid groups (broad SMARTS) is 1. The highest BCUT2D eigenvalue weighted by molar-refractivity contribution is 5.93. The average molecular weight is 459 g/mol. The number of benzene rings is 2. The molecule has 0 fully saturated rings. The molecular weight excluding hydrogens is 424 g/mol. The van der Waals surface area contributed by atoms with E-state index in [9.17, 15) is 14.4 Å². The molecule has 2 rings (SSSR count). The van der Waals surface area contributed by atoms with Crippen molar-refractivity contribution < 1.29 is 24.3 Å². The minimum Gasteiger partial charge on any atom is -0.483 e. The van der Waals surface area contributed by atoms with Crippen LogP contribution in [0.1, 0.15) is 33.3 Å². The molecule has 9 nitrogen and oxygen atoms in total. The van der Waals surface area contributed by atoms with E-state index in [4.69, 9.17) is 9.90 Å². The van der Waals surface area contributed by atoms with E-state index in [1.54, 1.807) is 20.9 Å². The molecule has 0 aliphatic rings. The van der Waals surface area contributed by atoms with Crippen LogP contribution in [0.25, 0.3) is 10.8 Å². The number of hydrogen-bond acceptors (Lipinski definition) is 5. The van der Waals surface area contributed by atoms with Gasteiger partial charge >= 0.3 is 0 Å². The monoisotopic (exact) mass is 458 g/mol. The minimum atomic E-state index is -0.729. The van der Waals surface area contributed by atoms with Crippen LogP contribution < -0.4 is 21.3 Å². The van der Waals surface area contributed by atoms with Crippen LogP contribution in [-0.2, 0) is 25.7 Å². The summed E-state index contributed by atoms with van der Waals surface area (Å²) in [6, 6.07) is 12.1. The predicted molar refractivity (Wildman–Crippen MR) is 127 cm³/mol. The Labute approximate surface area is 194 Å². The Morgan fingerprint density at radius 3 is 2.09 bits per heavy atom. The quantitative estimate of drug-likeness (QED) is 0.361. The van der Waals surface area contributed by atoms with Crippen molar-refractivity contribution in [1.82, 2.24) is 21.3 Å². The number of rotatable bonds is 9. The van der Waals surface area contributed by atoms with Gasteiger partial charge in [0, 0.05) is 6.54 Å². The molecule has 0 saturated carbocycles. The zero-order valence-electron chi connectivity index (χ0n) is 19.7. The molecule has 9 heteroatoms. The first-order chi connectivity index (χ1) is 15.7. The largest absolute Gasteiger partial charge is 0.483 e. The maximum atomic E-state index is 12.7. The first-order valence-corrected chi connectivity index (χ1v) is 10.8. The van der Waals surface area contributed by atoms with E-state index >= 15 is 0 Å². The third kappa shape index (κ3) is 8.53. The smallest absolute Gasteiger partial charge is 0.290 e. The van der Waals surface area contributed by atoms with Gasteiger partial charge in [0.2, 0.25) is 17.7 Å². The van der Waals surface area contributed by atoms with Crippen molar-refractivity contribution >= 4 is 35.0 Å². The number of fused-ring (bicyclic) bond motifs is 1. The maximum absolute atomic E-state index is 12.7. The SMILES string of the molecule is CN[C@@H](C)C(=O)N[C@H](C(=O)N[C@@H](C)C(=O)NCc1cccc2ccccc12)C(C)C.O=CO. The lowest BCUT2D eigenvalue weighted by Crippen LogP contribution is -2.56. The predicted octanol–water partition coefficient (Wildman–Crippen LogP) is 1.41. The first-order valence-electron chi connectivity index (χ1n) is 10.8. The topological polar surface area (TPSA) is 137 Å². The van der Waals surface area contributed by atoms with E-state index in [0.29, 0.717) is 6.54 Å². The van der Waals surface area contributed by atoms with E-state index in [-0.39, 0.29) is 30.1 Å². The van der Waals surface area contributed by atoms with Crippen molar-refractivity contribution in [3.05, 3.63) is 48.0 Å². The van der Waals surface area contributed by atoms with Crippen LogP contribution in [0.2, 0.25) is 0 Å². The molecule has 0 radical (unpaired) electrons. The molecule has 3 amide bonds. The summed E-state index contributed by atoms with van der Waals surface area (Å²) in [5.74, 6) is -1.05. The molecule has 0 bridgehead atoms. The van der Waals surface area contributed by atoms with Crippen molar-refractivity contribution in [1.29, 1.82) is 0 Å². The van der Waals surface area contributed by atoms with Gasteiger partial charge in [-0.15, -0.1) is 0 Å². The van der Waals surface area contributed by atoms with Crippen LogP contribution in [0.5, 0.6) is 0 Å². The van der Waals surface area contributed by atoms with E-state index < -0.39 is 18.1 Å². The van der Waals surface area contributed by atoms with E-state index in [1.165, 1.54) is 0 Å². The number of amides is 3. The number of nitrogens with one attached hydrogen (secondary N) is 4. The van der Waals surface area contributed by atoms with Crippen LogP contribution in [0, 0.1) is 5.92 Å². The molecule has 0 aliphatic heterocycles. The standard InChI is InChI=1S/C23H32N4O3.CH2O2/c1-14(2)20(27-22(29)15(3)24-5)23(30)26-16(4)21(28)25-13-18-11-8-10-17-9-6-7-12-19(17)18;2-1-3/h6-12,14-16,20,24H,13H2,1-5H3,(H,25,28)(H,26,30)(H,27,29);1H,(H,2,3)/t15-,16-,20-;/m0./s1. The summed E-state index contributed by atoms with van der Waals surface area (Å²) in [7, 11) is 1.68. The van der Waals surface area contributed by atoms with Crippen LogP contribution in [0.4, 0.5) is 0 Å². The van der Waals surface area contributed by atoms with Crippen molar-refractivity contribution in [2.24, 2.45) is 5.92 Å². The van der Waals surface area contributed by atoms with Gasteiger partial charge in [0.15, 0.2) is 0 Å². The fourth-order valence-corrected chi connectivity index (χ4v) is 3.10. The summed E-state index contributed by atoms with van der Waals surface area (Å²) >= 11 is 0. The number of carbonyl (C=O) groups excluding carboxylic acids is 3. The van der Waals surface area contributed by atoms with Crippen LogP contribution >= 0.6 is 0 Å². The molecule has 0 aliphatic carbocycles. The Morgan fingerprint density at radius 1 is 0.879 bits per heavy atom. The summed E-state index contributed by atoms with van der Waals surface area (Å²) < 4.78 is 0. The van der Waals surface area contributed by atoms with Gasteiger partial charge in [0.05, 0.1) is 6.04 Å². The summed E-state index contributed by atoms with van der Waals surface area (Å²) in [4.78, 5) is 45.7. The Balaban J connectivity index is 0.00000172. The van der Waals surface area contributed by atoms with Crippen molar-refractivity contribution in [2.75, 3.05) is 7.05 Å². The summed E-state index contributed by atoms with van der Waals surface area (Å²) in [5.41, 5.74) is 1.01. The molecule has 33 heavy (non-hydrogen) atoms. The maximum Gasteiger partial charge on any atom is 0.290 e. The van der Waals surface area contributed by atoms with Crippen LogP contribution in [0.3, 0.4) is 0 Å². The van der Waals surface area contributed by atoms with Gasteiger partial charge < -0.3 is 26.4 Å². The number of likely N-dealkylation sites (N-methyl/N-ethyl adjacent to an activating group) is 1. The second-order valence-corrected chi connectivity index (χ2v) is 7.93. The fourth-order valence-electron chi connectivity index (χ4n) is 3.10. The van der Waals surface area contributed by atoms with E-state index in [2.05, 4.69) is 21.3 Å². The Kier molecular flexibility index (Phi) is 11.6. The summed E-state index contributed by atoms with van der Waals surface area (Å²) in [5, 5.41) is 20.3. The van der Waals surface area contributed by atoms with Crippen molar-refractivity contribution in [3.63, 3.8) is 0 Å². The highest BCUT2D eigenvalue weighted by atomic mass is 16.3. The fraction of sp³-hybridized carbons (Fsp3) is 0.417. The molecule has 180 valence electrons. The van der Waals surface area contributed by atoms with E-state index in [1.807, 2.05) is 56.3 Å². The van der Waals surface area contributed by atoms with Gasteiger partial charge in [-0.3, -0.25) is 19.2 Å². The molecule has 3 atom stereocenters. The Hall–Kier alpha value is -3.46. The molecule has 0 spiro atoms. The molecule has 0 saturated heterocycles. The van der Waals surface area contributed by atoms with Crippen LogP contribution in [-0.4, -0.2) is 54.5 Å². The number of carbonyl (C=O) groups is 4. The minimum absolute atomic E-state index is 0.121. The van der Waals surface area contributed by atoms with Crippen LogP contribution in [0.15, 0.2) is 42.5 Å². The Morgan fingerprint density at radius 2 is 1.48 bits per heavy atom. The van der Waals surface area contributed by atoms with E-state index in [0.717, 1.165) is 16.3 Å². The highest BCUT2D eigenvalue weighted by Gasteiger charge is 2.28. The third-order valence-electron chi connectivity index (χ3n) is 5.16.